The van der Waals surface area contributed by atoms with Crippen LogP contribution in [0.1, 0.15) is 22.3 Å². The number of nitrogens with one attached hydrogen (secondary N) is 1. The minimum atomic E-state index is -0.818. The first kappa shape index (κ1) is 26.5. The van der Waals surface area contributed by atoms with E-state index in [1.807, 2.05) is 13.0 Å². The van der Waals surface area contributed by atoms with Crippen LogP contribution in [0.5, 0.6) is 11.5 Å². The normalized spacial score (nSPS) is 14.7. The molecule has 1 saturated heterocycles. The van der Waals surface area contributed by atoms with E-state index in [1.54, 1.807) is 43.3 Å². The molecule has 4 rings (SSSR count). The van der Waals surface area contributed by atoms with Crippen LogP contribution in [0.15, 0.2) is 54.1 Å². The fourth-order valence-electron chi connectivity index (χ4n) is 3.76. The summed E-state index contributed by atoms with van der Waals surface area (Å²) in [6.07, 6.45) is 1.34. The summed E-state index contributed by atoms with van der Waals surface area (Å²) < 4.78 is 11.3. The first-order valence-corrected chi connectivity index (χ1v) is 12.2. The molecule has 0 atom stereocenters. The predicted molar refractivity (Wildman–Crippen MR) is 144 cm³/mol. The number of urea groups is 1. The maximum Gasteiger partial charge on any atom is 0.335 e. The molecular weight excluding hydrogens is 539 g/mol. The fraction of sp³-hybridized carbons (Fsp3) is 0.148. The van der Waals surface area contributed by atoms with E-state index >= 15 is 0 Å². The number of carbonyl (C=O) groups is 3. The smallest absolute Gasteiger partial charge is 0.335 e. The minimum Gasteiger partial charge on any atom is -0.493 e. The molecule has 3 aromatic rings. The second-order valence-electron chi connectivity index (χ2n) is 8.31. The van der Waals surface area contributed by atoms with Crippen LogP contribution in [-0.4, -0.2) is 25.0 Å². The average molecular weight is 560 g/mol. The number of imide groups is 2. The van der Waals surface area contributed by atoms with E-state index in [2.05, 4.69) is 5.32 Å². The van der Waals surface area contributed by atoms with Gasteiger partial charge in [-0.2, -0.15) is 0 Å². The highest BCUT2D eigenvalue weighted by Gasteiger charge is 2.37. The Morgan fingerprint density at radius 2 is 1.70 bits per heavy atom. The van der Waals surface area contributed by atoms with Gasteiger partial charge in [0.1, 0.15) is 12.2 Å². The lowest BCUT2D eigenvalue weighted by Crippen LogP contribution is -2.54. The van der Waals surface area contributed by atoms with Crippen LogP contribution >= 0.6 is 34.8 Å². The van der Waals surface area contributed by atoms with Gasteiger partial charge < -0.3 is 9.47 Å². The summed E-state index contributed by atoms with van der Waals surface area (Å²) in [5.74, 6) is -1.04. The Hall–Kier alpha value is -3.52. The Bertz CT molecular complexity index is 1470. The molecule has 7 nitrogen and oxygen atoms in total. The zero-order valence-corrected chi connectivity index (χ0v) is 22.3. The molecule has 4 amide bonds. The fourth-order valence-corrected chi connectivity index (χ4v) is 4.49. The maximum atomic E-state index is 13.3. The number of ether oxygens (including phenoxy) is 2. The lowest BCUT2D eigenvalue weighted by Gasteiger charge is -2.27. The van der Waals surface area contributed by atoms with Gasteiger partial charge in [0.25, 0.3) is 11.8 Å². The quantitative estimate of drug-likeness (QED) is 0.275. The highest BCUT2D eigenvalue weighted by Crippen LogP contribution is 2.38. The molecule has 0 aromatic heterocycles. The van der Waals surface area contributed by atoms with Crippen LogP contribution in [0.25, 0.3) is 6.08 Å². The van der Waals surface area contributed by atoms with Crippen LogP contribution in [0, 0.1) is 13.8 Å². The molecule has 1 aliphatic rings. The molecule has 0 radical (unpaired) electrons. The van der Waals surface area contributed by atoms with Crippen molar-refractivity contribution in [3.8, 4) is 11.5 Å². The van der Waals surface area contributed by atoms with Crippen LogP contribution in [0.3, 0.4) is 0 Å². The first-order valence-electron chi connectivity index (χ1n) is 11.0. The maximum absolute atomic E-state index is 13.3. The third-order valence-electron chi connectivity index (χ3n) is 5.66. The highest BCUT2D eigenvalue weighted by molar-refractivity contribution is 6.39. The molecule has 1 aliphatic heterocycles. The largest absolute Gasteiger partial charge is 0.493 e. The van der Waals surface area contributed by atoms with Gasteiger partial charge in [-0.25, -0.2) is 9.69 Å². The van der Waals surface area contributed by atoms with Gasteiger partial charge in [-0.05, 0) is 66.9 Å². The molecule has 0 saturated carbocycles. The molecule has 1 heterocycles. The number of nitrogens with zero attached hydrogens (tertiary/aromatic N) is 1. The predicted octanol–water partition coefficient (Wildman–Crippen LogP) is 6.52. The Morgan fingerprint density at radius 1 is 0.946 bits per heavy atom. The lowest BCUT2D eigenvalue weighted by molar-refractivity contribution is -0.122. The number of benzene rings is 3. The summed E-state index contributed by atoms with van der Waals surface area (Å²) in [4.78, 5) is 39.4. The van der Waals surface area contributed by atoms with E-state index in [0.717, 1.165) is 10.5 Å². The van der Waals surface area contributed by atoms with E-state index in [0.29, 0.717) is 32.4 Å². The third-order valence-corrected chi connectivity index (χ3v) is 6.52. The number of halogens is 3. The molecule has 3 aromatic carbocycles. The van der Waals surface area contributed by atoms with Gasteiger partial charge in [-0.3, -0.25) is 14.9 Å². The number of aryl methyl sites for hydroxylation is 2. The molecule has 1 fully saturated rings. The number of rotatable bonds is 6. The first-order chi connectivity index (χ1) is 17.6. The van der Waals surface area contributed by atoms with Crippen LogP contribution < -0.4 is 19.7 Å². The summed E-state index contributed by atoms with van der Waals surface area (Å²) in [6.45, 7) is 3.71. The number of amides is 4. The molecule has 0 aliphatic carbocycles. The Morgan fingerprint density at radius 3 is 2.41 bits per heavy atom. The molecule has 10 heteroatoms. The number of barbiturate groups is 1. The van der Waals surface area contributed by atoms with Crippen molar-refractivity contribution >= 4 is 64.4 Å². The zero-order chi connectivity index (χ0) is 26.9. The van der Waals surface area contributed by atoms with E-state index in [-0.39, 0.29) is 28.7 Å². The Balaban J connectivity index is 1.66. The van der Waals surface area contributed by atoms with Gasteiger partial charge in [0.05, 0.1) is 17.8 Å². The van der Waals surface area contributed by atoms with Crippen molar-refractivity contribution in [1.29, 1.82) is 0 Å². The van der Waals surface area contributed by atoms with Gasteiger partial charge in [0.15, 0.2) is 11.5 Å². The summed E-state index contributed by atoms with van der Waals surface area (Å²) in [5, 5.41) is 3.35. The molecule has 0 bridgehead atoms. The average Bonchev–Trinajstić information content (AvgIpc) is 2.83. The van der Waals surface area contributed by atoms with Crippen molar-refractivity contribution in [3.63, 3.8) is 0 Å². The lowest BCUT2D eigenvalue weighted by atomic mass is 10.0. The summed E-state index contributed by atoms with van der Waals surface area (Å²) >= 11 is 18.6. The van der Waals surface area contributed by atoms with E-state index < -0.39 is 17.8 Å². The number of anilines is 1. The molecule has 0 spiro atoms. The molecule has 190 valence electrons. The van der Waals surface area contributed by atoms with Gasteiger partial charge >= 0.3 is 6.03 Å². The molecular formula is C27H21Cl3N2O5. The van der Waals surface area contributed by atoms with Gasteiger partial charge in [0.2, 0.25) is 0 Å². The molecule has 0 unspecified atom stereocenters. The topological polar surface area (TPSA) is 84.9 Å². The van der Waals surface area contributed by atoms with Crippen LogP contribution in [0.4, 0.5) is 10.5 Å². The second kappa shape index (κ2) is 10.8. The zero-order valence-electron chi connectivity index (χ0n) is 20.0. The molecule has 37 heavy (non-hydrogen) atoms. The third kappa shape index (κ3) is 5.59. The summed E-state index contributed by atoms with van der Waals surface area (Å²) in [5.41, 5.74) is 2.80. The van der Waals surface area contributed by atoms with Crippen LogP contribution in [0.2, 0.25) is 15.1 Å². The van der Waals surface area contributed by atoms with E-state index in [9.17, 15) is 14.4 Å². The number of hydrogen-bond donors (Lipinski definition) is 1. The highest BCUT2D eigenvalue weighted by atomic mass is 35.5. The van der Waals surface area contributed by atoms with Crippen molar-refractivity contribution in [2.75, 3.05) is 12.0 Å². The van der Waals surface area contributed by atoms with Crippen molar-refractivity contribution in [2.24, 2.45) is 0 Å². The Labute approximate surface area is 228 Å². The SMILES string of the molecule is COc1cc(/C=C2\C(=O)NC(=O)N(c3cc(C)ccc3C)C2=O)cc(Cl)c1OCc1ccc(Cl)cc1Cl. The number of hydrogen-bond acceptors (Lipinski definition) is 5. The van der Waals surface area contributed by atoms with Gasteiger partial charge in [0, 0.05) is 15.6 Å². The standard InChI is InChI=1S/C27H21Cl3N2O5/c1-14-4-5-15(2)22(8-14)32-26(34)19(25(33)31-27(32)35)9-16-10-21(30)24(23(11-16)36-3)37-13-17-6-7-18(28)12-20(17)29/h4-12H,13H2,1-3H3,(H,31,33,35)/b19-9+. The monoisotopic (exact) mass is 558 g/mol. The summed E-state index contributed by atoms with van der Waals surface area (Å²) in [6, 6.07) is 12.7. The van der Waals surface area contributed by atoms with Crippen LogP contribution in [-0.2, 0) is 16.2 Å². The number of methoxy groups -OCH3 is 1. The number of carbonyl (C=O) groups excluding carboxylic acids is 3. The van der Waals surface area contributed by atoms with Gasteiger partial charge in [-0.15, -0.1) is 0 Å². The second-order valence-corrected chi connectivity index (χ2v) is 9.56. The Kier molecular flexibility index (Phi) is 7.78. The van der Waals surface area contributed by atoms with Gasteiger partial charge in [-0.1, -0.05) is 53.0 Å². The van der Waals surface area contributed by atoms with Crippen molar-refractivity contribution in [3.05, 3.63) is 91.4 Å². The van der Waals surface area contributed by atoms with E-state index in [4.69, 9.17) is 44.3 Å². The summed E-state index contributed by atoms with van der Waals surface area (Å²) in [7, 11) is 1.43. The van der Waals surface area contributed by atoms with Crippen molar-refractivity contribution < 1.29 is 23.9 Å². The van der Waals surface area contributed by atoms with Crippen molar-refractivity contribution in [1.82, 2.24) is 5.32 Å². The minimum absolute atomic E-state index is 0.0975. The molecule has 1 N–H and O–H groups in total. The van der Waals surface area contributed by atoms with E-state index in [1.165, 1.54) is 19.3 Å². The van der Waals surface area contributed by atoms with Crippen molar-refractivity contribution in [2.45, 2.75) is 20.5 Å².